The van der Waals surface area contributed by atoms with E-state index in [4.69, 9.17) is 0 Å². The molecule has 0 aliphatic carbocycles. The number of sulfonamides is 1. The molecule has 88 valence electrons. The van der Waals surface area contributed by atoms with Gasteiger partial charge in [-0.2, -0.15) is 0 Å². The van der Waals surface area contributed by atoms with Crippen molar-refractivity contribution in [3.05, 3.63) is 35.4 Å². The molecular formula is C11H15NO3S. The number of hydrogen-bond acceptors (Lipinski definition) is 3. The van der Waals surface area contributed by atoms with Gasteiger partial charge in [-0.1, -0.05) is 24.3 Å². The van der Waals surface area contributed by atoms with Gasteiger partial charge < -0.3 is 4.79 Å². The molecule has 0 unspecified atom stereocenters. The largest absolute Gasteiger partial charge is 0.303 e. The Balaban J connectivity index is 2.54. The Morgan fingerprint density at radius 2 is 1.75 bits per heavy atom. The van der Waals surface area contributed by atoms with Crippen molar-refractivity contribution in [1.82, 2.24) is 4.72 Å². The van der Waals surface area contributed by atoms with E-state index in [1.807, 2.05) is 24.3 Å². The Morgan fingerprint density at radius 1 is 1.19 bits per heavy atom. The van der Waals surface area contributed by atoms with Gasteiger partial charge in [0.25, 0.3) is 0 Å². The van der Waals surface area contributed by atoms with E-state index in [-0.39, 0.29) is 0 Å². The first-order valence-electron chi connectivity index (χ1n) is 4.97. The summed E-state index contributed by atoms with van der Waals surface area (Å²) in [7, 11) is -3.14. The molecule has 0 saturated carbocycles. The van der Waals surface area contributed by atoms with E-state index in [0.717, 1.165) is 30.1 Å². The molecule has 1 aromatic carbocycles. The maximum atomic E-state index is 10.9. The highest BCUT2D eigenvalue weighted by Crippen LogP contribution is 2.06. The summed E-state index contributed by atoms with van der Waals surface area (Å²) in [6.45, 7) is 0.298. The normalized spacial score (nSPS) is 11.3. The molecule has 16 heavy (non-hydrogen) atoms. The van der Waals surface area contributed by atoms with Crippen molar-refractivity contribution in [2.24, 2.45) is 0 Å². The lowest BCUT2D eigenvalue weighted by Crippen LogP contribution is -2.21. The molecule has 0 fully saturated rings. The molecule has 1 aromatic rings. The lowest BCUT2D eigenvalue weighted by molar-refractivity contribution is -0.107. The van der Waals surface area contributed by atoms with E-state index in [1.165, 1.54) is 0 Å². The van der Waals surface area contributed by atoms with Gasteiger partial charge in [0.2, 0.25) is 10.0 Å². The molecule has 0 radical (unpaired) electrons. The average molecular weight is 244 g/mol. The van der Waals surface area contributed by atoms with Crippen molar-refractivity contribution in [2.45, 2.75) is 19.4 Å². The fourth-order valence-electron chi connectivity index (χ4n) is 1.26. The first-order chi connectivity index (χ1) is 7.51. The number of benzene rings is 1. The Hall–Kier alpha value is -1.20. The first-order valence-corrected chi connectivity index (χ1v) is 6.86. The Morgan fingerprint density at radius 3 is 2.25 bits per heavy atom. The quantitative estimate of drug-likeness (QED) is 0.755. The van der Waals surface area contributed by atoms with Crippen LogP contribution in [0.5, 0.6) is 0 Å². The average Bonchev–Trinajstić information content (AvgIpc) is 2.24. The monoisotopic (exact) mass is 244 g/mol. The summed E-state index contributed by atoms with van der Waals surface area (Å²) in [4.78, 5) is 10.2. The lowest BCUT2D eigenvalue weighted by atomic mass is 10.1. The smallest absolute Gasteiger partial charge is 0.209 e. The van der Waals surface area contributed by atoms with E-state index in [0.29, 0.717) is 13.0 Å². The van der Waals surface area contributed by atoms with E-state index < -0.39 is 10.0 Å². The van der Waals surface area contributed by atoms with Gasteiger partial charge in [0.1, 0.15) is 6.29 Å². The Kier molecular flexibility index (Phi) is 4.64. The van der Waals surface area contributed by atoms with Crippen LogP contribution < -0.4 is 4.72 Å². The van der Waals surface area contributed by atoms with Crippen LogP contribution in [0.1, 0.15) is 17.5 Å². The molecule has 0 atom stereocenters. The predicted octanol–water partition coefficient (Wildman–Crippen LogP) is 0.867. The third-order valence-electron chi connectivity index (χ3n) is 2.11. The van der Waals surface area contributed by atoms with E-state index in [2.05, 4.69) is 4.72 Å². The molecule has 0 spiro atoms. The molecule has 0 aliphatic heterocycles. The zero-order valence-corrected chi connectivity index (χ0v) is 9.96. The highest BCUT2D eigenvalue weighted by molar-refractivity contribution is 7.88. The molecule has 0 bridgehead atoms. The van der Waals surface area contributed by atoms with Crippen molar-refractivity contribution in [1.29, 1.82) is 0 Å². The number of hydrogen-bond donors (Lipinski definition) is 1. The predicted molar refractivity (Wildman–Crippen MR) is 62.5 cm³/mol. The number of carbonyl (C=O) groups is 1. The van der Waals surface area contributed by atoms with Gasteiger partial charge >= 0.3 is 0 Å². The first kappa shape index (κ1) is 12.9. The van der Waals surface area contributed by atoms with Crippen LogP contribution in [0.25, 0.3) is 0 Å². The van der Waals surface area contributed by atoms with Gasteiger partial charge in [0, 0.05) is 13.0 Å². The van der Waals surface area contributed by atoms with Crippen LogP contribution in [0.3, 0.4) is 0 Å². The molecule has 0 heterocycles. The van der Waals surface area contributed by atoms with E-state index in [9.17, 15) is 13.2 Å². The van der Waals surface area contributed by atoms with E-state index >= 15 is 0 Å². The summed E-state index contributed by atoms with van der Waals surface area (Å²) in [5.41, 5.74) is 1.98. The fourth-order valence-corrected chi connectivity index (χ4v) is 1.69. The second-order valence-electron chi connectivity index (χ2n) is 3.62. The van der Waals surface area contributed by atoms with Crippen molar-refractivity contribution in [2.75, 3.05) is 6.26 Å². The maximum absolute atomic E-state index is 10.9. The minimum Gasteiger partial charge on any atom is -0.303 e. The van der Waals surface area contributed by atoms with Crippen LogP contribution >= 0.6 is 0 Å². The fraction of sp³-hybridized carbons (Fsp3) is 0.364. The van der Waals surface area contributed by atoms with Crippen LogP contribution in [0, 0.1) is 0 Å². The zero-order chi connectivity index (χ0) is 12.0. The van der Waals surface area contributed by atoms with Gasteiger partial charge in [-0.05, 0) is 17.5 Å². The second kappa shape index (κ2) is 5.77. The third kappa shape index (κ3) is 5.04. The van der Waals surface area contributed by atoms with Crippen molar-refractivity contribution < 1.29 is 13.2 Å². The van der Waals surface area contributed by atoms with Crippen LogP contribution in [0.15, 0.2) is 24.3 Å². The van der Waals surface area contributed by atoms with Gasteiger partial charge in [-0.3, -0.25) is 0 Å². The molecular weight excluding hydrogens is 229 g/mol. The third-order valence-corrected chi connectivity index (χ3v) is 2.78. The van der Waals surface area contributed by atoms with Gasteiger partial charge in [0.05, 0.1) is 6.26 Å². The SMILES string of the molecule is C[35S](=O)(=O)NCc1ccc(CCC=O)cc1. The molecule has 1 rings (SSSR count). The van der Waals surface area contributed by atoms with E-state index in [1.54, 1.807) is 0 Å². The summed E-state index contributed by atoms with van der Waals surface area (Å²) >= 11 is 0. The van der Waals surface area contributed by atoms with Crippen LogP contribution in [0.4, 0.5) is 0 Å². The van der Waals surface area contributed by atoms with Crippen LogP contribution in [-0.2, 0) is 27.8 Å². The molecule has 0 aromatic heterocycles. The lowest BCUT2D eigenvalue weighted by Gasteiger charge is -2.03. The maximum Gasteiger partial charge on any atom is 0.209 e. The summed E-state index contributed by atoms with van der Waals surface area (Å²) in [6.07, 6.45) is 3.26. The molecule has 0 aliphatic rings. The number of aryl methyl sites for hydroxylation is 1. The number of nitrogens with one attached hydrogen (secondary N) is 1. The highest BCUT2D eigenvalue weighted by atomic mass is 35.1. The summed E-state index contributed by atoms with van der Waals surface area (Å²) in [5.74, 6) is 0. The number of carbonyl (C=O) groups excluding carboxylic acids is 1. The molecule has 5 heteroatoms. The highest BCUT2D eigenvalue weighted by Gasteiger charge is 2.00. The van der Waals surface area contributed by atoms with Crippen molar-refractivity contribution in [3.63, 3.8) is 0 Å². The summed E-state index contributed by atoms with van der Waals surface area (Å²) in [6, 6.07) is 7.53. The van der Waals surface area contributed by atoms with Crippen LogP contribution in [0.2, 0.25) is 0 Å². The van der Waals surface area contributed by atoms with Gasteiger partial charge in [0.15, 0.2) is 0 Å². The zero-order valence-electron chi connectivity index (χ0n) is 9.14. The second-order valence-corrected chi connectivity index (χ2v) is 5.45. The summed E-state index contributed by atoms with van der Waals surface area (Å²) in [5, 5.41) is 0. The minimum atomic E-state index is -3.14. The molecule has 1 N–H and O–H groups in total. The van der Waals surface area contributed by atoms with Gasteiger partial charge in [-0.15, -0.1) is 0 Å². The standard InChI is InChI=1S/C11H15NO3S/c1-16(14,15)12-9-11-6-4-10(5-7-11)3-2-8-13/h4-8,12H,2-3,9H2,1H3/i16+3. The van der Waals surface area contributed by atoms with Crippen molar-refractivity contribution in [3.8, 4) is 0 Å². The summed E-state index contributed by atoms with van der Waals surface area (Å²) < 4.78 is 24.1. The molecule has 0 saturated heterocycles. The number of aldehydes is 1. The van der Waals surface area contributed by atoms with Gasteiger partial charge in [-0.25, -0.2) is 13.1 Å². The Labute approximate surface area is 95.7 Å². The molecule has 0 amide bonds. The Bertz CT molecular complexity index is 437. The topological polar surface area (TPSA) is 63.2 Å². The number of rotatable bonds is 6. The van der Waals surface area contributed by atoms with Crippen molar-refractivity contribution >= 4 is 16.3 Å². The molecule has 4 nitrogen and oxygen atoms in total. The minimum absolute atomic E-state index is 0.298. The van der Waals surface area contributed by atoms with Crippen LogP contribution in [-0.4, -0.2) is 21.0 Å².